The number of benzene rings is 1. The SMILES string of the molecule is O=C(O)CC1(NC(=O)c2cc(-c3ccccc3Cl)n[nH]2)CCOC1. The summed E-state index contributed by atoms with van der Waals surface area (Å²) in [5, 5.41) is 19.1. The van der Waals surface area contributed by atoms with Crippen LogP contribution in [0.2, 0.25) is 5.02 Å². The molecule has 1 unspecified atom stereocenters. The van der Waals surface area contributed by atoms with Crippen LogP contribution in [0.1, 0.15) is 23.3 Å². The highest BCUT2D eigenvalue weighted by Crippen LogP contribution is 2.27. The van der Waals surface area contributed by atoms with Crippen LogP contribution in [0.25, 0.3) is 11.3 Å². The zero-order valence-corrected chi connectivity index (χ0v) is 13.5. The molecule has 1 atom stereocenters. The van der Waals surface area contributed by atoms with Gasteiger partial charge in [0.05, 0.1) is 29.3 Å². The summed E-state index contributed by atoms with van der Waals surface area (Å²) in [5.74, 6) is -1.41. The number of nitrogens with zero attached hydrogens (tertiary/aromatic N) is 1. The summed E-state index contributed by atoms with van der Waals surface area (Å²) in [6, 6.07) is 8.76. The van der Waals surface area contributed by atoms with Crippen LogP contribution in [0.5, 0.6) is 0 Å². The van der Waals surface area contributed by atoms with Crippen molar-refractivity contribution in [2.24, 2.45) is 0 Å². The van der Waals surface area contributed by atoms with Crippen LogP contribution in [-0.4, -0.2) is 45.9 Å². The molecule has 1 aromatic heterocycles. The molecular weight excluding hydrogens is 334 g/mol. The Kier molecular flexibility index (Phi) is 4.55. The first kappa shape index (κ1) is 16.5. The molecule has 0 radical (unpaired) electrons. The molecule has 8 heteroatoms. The van der Waals surface area contributed by atoms with Gasteiger partial charge in [-0.2, -0.15) is 5.10 Å². The molecule has 7 nitrogen and oxygen atoms in total. The molecule has 1 aromatic carbocycles. The second-order valence-electron chi connectivity index (χ2n) is 5.75. The van der Waals surface area contributed by atoms with Crippen molar-refractivity contribution in [1.29, 1.82) is 0 Å². The lowest BCUT2D eigenvalue weighted by Crippen LogP contribution is -2.50. The smallest absolute Gasteiger partial charge is 0.305 e. The van der Waals surface area contributed by atoms with Crippen molar-refractivity contribution in [2.45, 2.75) is 18.4 Å². The highest BCUT2D eigenvalue weighted by atomic mass is 35.5. The Labute approximate surface area is 143 Å². The summed E-state index contributed by atoms with van der Waals surface area (Å²) in [6.45, 7) is 0.595. The van der Waals surface area contributed by atoms with Gasteiger partial charge in [-0.25, -0.2) is 0 Å². The van der Waals surface area contributed by atoms with E-state index in [1.165, 1.54) is 0 Å². The summed E-state index contributed by atoms with van der Waals surface area (Å²) in [7, 11) is 0. The van der Waals surface area contributed by atoms with E-state index in [0.29, 0.717) is 29.3 Å². The number of amides is 1. The van der Waals surface area contributed by atoms with Gasteiger partial charge in [-0.3, -0.25) is 14.7 Å². The first-order chi connectivity index (χ1) is 11.5. The van der Waals surface area contributed by atoms with E-state index in [-0.39, 0.29) is 18.7 Å². The summed E-state index contributed by atoms with van der Waals surface area (Å²) < 4.78 is 5.27. The third kappa shape index (κ3) is 3.42. The lowest BCUT2D eigenvalue weighted by molar-refractivity contribution is -0.138. The maximum atomic E-state index is 12.5. The van der Waals surface area contributed by atoms with Crippen LogP contribution < -0.4 is 5.32 Å². The van der Waals surface area contributed by atoms with Crippen LogP contribution >= 0.6 is 11.6 Å². The van der Waals surface area contributed by atoms with Crippen LogP contribution in [-0.2, 0) is 9.53 Å². The number of aromatic amines is 1. The minimum absolute atomic E-state index is 0.177. The summed E-state index contributed by atoms with van der Waals surface area (Å²) in [4.78, 5) is 23.5. The predicted octanol–water partition coefficient (Wildman–Crippen LogP) is 2.09. The van der Waals surface area contributed by atoms with Crippen molar-refractivity contribution in [3.8, 4) is 11.3 Å². The largest absolute Gasteiger partial charge is 0.481 e. The molecule has 3 N–H and O–H groups in total. The van der Waals surface area contributed by atoms with E-state index < -0.39 is 17.4 Å². The molecule has 24 heavy (non-hydrogen) atoms. The molecule has 1 fully saturated rings. The molecule has 0 saturated carbocycles. The van der Waals surface area contributed by atoms with Gasteiger partial charge in [-0.15, -0.1) is 0 Å². The van der Waals surface area contributed by atoms with E-state index in [4.69, 9.17) is 21.4 Å². The number of rotatable bonds is 5. The van der Waals surface area contributed by atoms with E-state index in [1.54, 1.807) is 18.2 Å². The van der Waals surface area contributed by atoms with E-state index in [1.807, 2.05) is 12.1 Å². The average molecular weight is 350 g/mol. The average Bonchev–Trinajstić information content (AvgIpc) is 3.17. The van der Waals surface area contributed by atoms with E-state index >= 15 is 0 Å². The number of aliphatic carboxylic acids is 1. The molecule has 0 spiro atoms. The fourth-order valence-electron chi connectivity index (χ4n) is 2.73. The van der Waals surface area contributed by atoms with Crippen molar-refractivity contribution in [3.63, 3.8) is 0 Å². The normalized spacial score (nSPS) is 20.0. The molecule has 3 rings (SSSR count). The van der Waals surface area contributed by atoms with Crippen LogP contribution in [0, 0.1) is 0 Å². The number of carboxylic acids is 1. The van der Waals surface area contributed by atoms with Gasteiger partial charge in [0, 0.05) is 12.2 Å². The van der Waals surface area contributed by atoms with Crippen molar-refractivity contribution < 1.29 is 19.4 Å². The molecule has 1 aliphatic heterocycles. The van der Waals surface area contributed by atoms with Crippen molar-refractivity contribution in [1.82, 2.24) is 15.5 Å². The van der Waals surface area contributed by atoms with E-state index in [9.17, 15) is 9.59 Å². The third-order valence-corrected chi connectivity index (χ3v) is 4.27. The van der Waals surface area contributed by atoms with Gasteiger partial charge in [-0.05, 0) is 18.6 Å². The lowest BCUT2D eigenvalue weighted by atomic mass is 9.94. The Morgan fingerprint density at radius 3 is 2.88 bits per heavy atom. The quantitative estimate of drug-likeness (QED) is 0.766. The Morgan fingerprint density at radius 2 is 2.21 bits per heavy atom. The number of ether oxygens (including phenoxy) is 1. The summed E-state index contributed by atoms with van der Waals surface area (Å²) in [5.41, 5.74) is 0.597. The van der Waals surface area contributed by atoms with E-state index in [0.717, 1.165) is 0 Å². The van der Waals surface area contributed by atoms with Gasteiger partial charge >= 0.3 is 5.97 Å². The number of hydrogen-bond acceptors (Lipinski definition) is 4. The highest BCUT2D eigenvalue weighted by Gasteiger charge is 2.39. The molecule has 2 aromatic rings. The number of carboxylic acid groups (broad SMARTS) is 1. The van der Waals surface area contributed by atoms with Gasteiger partial charge in [0.2, 0.25) is 0 Å². The molecular formula is C16H16ClN3O4. The zero-order valence-electron chi connectivity index (χ0n) is 12.7. The van der Waals surface area contributed by atoms with Gasteiger partial charge in [0.1, 0.15) is 5.69 Å². The maximum absolute atomic E-state index is 12.5. The molecule has 0 aliphatic carbocycles. The predicted molar refractivity (Wildman–Crippen MR) is 86.9 cm³/mol. The minimum atomic E-state index is -0.984. The topological polar surface area (TPSA) is 104 Å². The Hall–Kier alpha value is -2.38. The second kappa shape index (κ2) is 6.62. The molecule has 1 amide bonds. The zero-order chi connectivity index (χ0) is 17.2. The van der Waals surface area contributed by atoms with Crippen LogP contribution in [0.3, 0.4) is 0 Å². The number of nitrogens with one attached hydrogen (secondary N) is 2. The summed E-state index contributed by atoms with van der Waals surface area (Å²) in [6.07, 6.45) is 0.265. The molecule has 2 heterocycles. The number of aromatic nitrogens is 2. The number of hydrogen-bond donors (Lipinski definition) is 3. The van der Waals surface area contributed by atoms with Crippen molar-refractivity contribution in [3.05, 3.63) is 41.0 Å². The Bertz CT molecular complexity index is 768. The fourth-order valence-corrected chi connectivity index (χ4v) is 2.96. The van der Waals surface area contributed by atoms with Crippen LogP contribution in [0.4, 0.5) is 0 Å². The molecule has 126 valence electrons. The number of halogens is 1. The summed E-state index contributed by atoms with van der Waals surface area (Å²) >= 11 is 6.13. The molecule has 0 bridgehead atoms. The maximum Gasteiger partial charge on any atom is 0.305 e. The number of carbonyl (C=O) groups is 2. The monoisotopic (exact) mass is 349 g/mol. The Morgan fingerprint density at radius 1 is 1.42 bits per heavy atom. The molecule has 1 aliphatic rings. The van der Waals surface area contributed by atoms with Gasteiger partial charge in [-0.1, -0.05) is 29.8 Å². The second-order valence-corrected chi connectivity index (χ2v) is 6.16. The minimum Gasteiger partial charge on any atom is -0.481 e. The van der Waals surface area contributed by atoms with E-state index in [2.05, 4.69) is 15.5 Å². The number of H-pyrrole nitrogens is 1. The van der Waals surface area contributed by atoms with Gasteiger partial charge < -0.3 is 15.2 Å². The standard InChI is InChI=1S/C16H16ClN3O4/c17-11-4-2-1-3-10(11)12-7-13(20-19-12)15(23)18-16(8-14(21)22)5-6-24-9-16/h1-4,7H,5-6,8-9H2,(H,18,23)(H,19,20)(H,21,22). The van der Waals surface area contributed by atoms with Gasteiger partial charge in [0.15, 0.2) is 0 Å². The highest BCUT2D eigenvalue weighted by molar-refractivity contribution is 6.33. The number of carbonyl (C=O) groups excluding carboxylic acids is 1. The lowest BCUT2D eigenvalue weighted by Gasteiger charge is -2.26. The Balaban J connectivity index is 1.79. The molecule has 1 saturated heterocycles. The van der Waals surface area contributed by atoms with Crippen LogP contribution in [0.15, 0.2) is 30.3 Å². The first-order valence-corrected chi connectivity index (χ1v) is 7.79. The van der Waals surface area contributed by atoms with Gasteiger partial charge in [0.25, 0.3) is 5.91 Å². The van der Waals surface area contributed by atoms with Crippen molar-refractivity contribution in [2.75, 3.05) is 13.2 Å². The first-order valence-electron chi connectivity index (χ1n) is 7.41. The van der Waals surface area contributed by atoms with Crippen molar-refractivity contribution >= 4 is 23.5 Å². The fraction of sp³-hybridized carbons (Fsp3) is 0.312. The third-order valence-electron chi connectivity index (χ3n) is 3.94.